The molecule has 0 aromatic rings. The molecular weight excluding hydrogens is 452 g/mol. The van der Waals surface area contributed by atoms with Crippen molar-refractivity contribution in [3.05, 3.63) is 0 Å². The molecule has 0 bridgehead atoms. The predicted octanol–water partition coefficient (Wildman–Crippen LogP) is 5.93. The van der Waals surface area contributed by atoms with E-state index in [4.69, 9.17) is 9.47 Å². The number of halogens is 2. The molecule has 0 spiro atoms. The highest BCUT2D eigenvalue weighted by Gasteiger charge is 2.15. The normalized spacial score (nSPS) is 13.3. The van der Waals surface area contributed by atoms with Crippen molar-refractivity contribution in [1.82, 2.24) is 0 Å². The monoisotopic (exact) mass is 484 g/mol. The van der Waals surface area contributed by atoms with E-state index in [1.807, 2.05) is 0 Å². The lowest BCUT2D eigenvalue weighted by molar-refractivity contribution is -0.143. The molecule has 0 aliphatic heterocycles. The third-order valence-electron chi connectivity index (χ3n) is 3.87. The molecule has 0 amide bonds. The van der Waals surface area contributed by atoms with Gasteiger partial charge in [-0.3, -0.25) is 9.59 Å². The van der Waals surface area contributed by atoms with Gasteiger partial charge in [-0.05, 0) is 25.7 Å². The molecule has 0 N–H and O–H groups in total. The van der Waals surface area contributed by atoms with Crippen LogP contribution in [0.4, 0.5) is 0 Å². The number of ether oxygens (including phenoxy) is 2. The Kier molecular flexibility index (Phi) is 17.3. The van der Waals surface area contributed by atoms with E-state index in [1.54, 1.807) is 0 Å². The van der Waals surface area contributed by atoms with Gasteiger partial charge in [0.05, 0.1) is 13.2 Å². The van der Waals surface area contributed by atoms with E-state index in [0.717, 1.165) is 64.2 Å². The lowest BCUT2D eigenvalue weighted by Crippen LogP contribution is -2.17. The third kappa shape index (κ3) is 14.7. The van der Waals surface area contributed by atoms with Gasteiger partial charge in [0.25, 0.3) is 0 Å². The molecule has 0 aliphatic rings. The van der Waals surface area contributed by atoms with Crippen molar-refractivity contribution in [1.29, 1.82) is 0 Å². The van der Waals surface area contributed by atoms with Crippen LogP contribution < -0.4 is 0 Å². The summed E-state index contributed by atoms with van der Waals surface area (Å²) in [6.45, 7) is 5.14. The van der Waals surface area contributed by atoms with Crippen LogP contribution in [0.1, 0.15) is 84.5 Å². The minimum atomic E-state index is -0.159. The van der Waals surface area contributed by atoms with E-state index in [1.165, 1.54) is 6.42 Å². The summed E-state index contributed by atoms with van der Waals surface area (Å²) < 4.78 is 10.5. The first-order valence-electron chi connectivity index (χ1n) is 9.64. The van der Waals surface area contributed by atoms with Crippen molar-refractivity contribution in [3.63, 3.8) is 0 Å². The van der Waals surface area contributed by atoms with Gasteiger partial charge in [0.1, 0.15) is 9.65 Å². The fourth-order valence-electron chi connectivity index (χ4n) is 2.36. The molecule has 0 radical (unpaired) electrons. The summed E-state index contributed by atoms with van der Waals surface area (Å²) in [4.78, 5) is 22.9. The molecule has 0 fully saturated rings. The molecular formula is C19H34Br2O4. The lowest BCUT2D eigenvalue weighted by atomic mass is 10.1. The number of rotatable bonds is 16. The number of alkyl halides is 2. The largest absolute Gasteiger partial charge is 0.465 e. The summed E-state index contributed by atoms with van der Waals surface area (Å²) in [5, 5.41) is 0. The Morgan fingerprint density at radius 2 is 1.00 bits per heavy atom. The number of hydrogen-bond acceptors (Lipinski definition) is 4. The zero-order valence-electron chi connectivity index (χ0n) is 15.7. The number of unbranched alkanes of at least 4 members (excludes halogenated alkanes) is 6. The molecule has 25 heavy (non-hydrogen) atoms. The SMILES string of the molecule is CCCC(Br)C(=O)OCCCCCCCCCOC(=O)C(Br)CCC. The minimum Gasteiger partial charge on any atom is -0.465 e. The highest BCUT2D eigenvalue weighted by molar-refractivity contribution is 9.10. The van der Waals surface area contributed by atoms with E-state index in [-0.39, 0.29) is 21.6 Å². The number of carbonyl (C=O) groups is 2. The third-order valence-corrected chi connectivity index (χ3v) is 5.54. The quantitative estimate of drug-likeness (QED) is 0.154. The van der Waals surface area contributed by atoms with Gasteiger partial charge in [0, 0.05) is 0 Å². The van der Waals surface area contributed by atoms with Crippen molar-refractivity contribution in [3.8, 4) is 0 Å². The molecule has 6 heteroatoms. The van der Waals surface area contributed by atoms with Gasteiger partial charge in [-0.2, -0.15) is 0 Å². The average molecular weight is 486 g/mol. The Morgan fingerprint density at radius 3 is 1.32 bits per heavy atom. The first-order valence-corrected chi connectivity index (χ1v) is 11.5. The van der Waals surface area contributed by atoms with Crippen molar-refractivity contribution in [2.45, 2.75) is 94.1 Å². The van der Waals surface area contributed by atoms with Gasteiger partial charge in [0.2, 0.25) is 0 Å². The molecule has 0 aromatic heterocycles. The molecule has 2 unspecified atom stereocenters. The summed E-state index contributed by atoms with van der Waals surface area (Å²) in [5.74, 6) is -0.276. The Labute approximate surface area is 170 Å². The fourth-order valence-corrected chi connectivity index (χ4v) is 3.54. The number of carbonyl (C=O) groups excluding carboxylic acids is 2. The highest BCUT2D eigenvalue weighted by Crippen LogP contribution is 2.12. The standard InChI is InChI=1S/C19H34Br2O4/c1-3-12-16(20)18(22)24-14-10-8-6-5-7-9-11-15-25-19(23)17(21)13-4-2/h16-17H,3-15H2,1-2H3. The Bertz CT molecular complexity index is 318. The first kappa shape index (κ1) is 24.9. The second-order valence-corrected chi connectivity index (χ2v) is 8.53. The van der Waals surface area contributed by atoms with Crippen molar-refractivity contribution < 1.29 is 19.1 Å². The van der Waals surface area contributed by atoms with Crippen LogP contribution in [0.2, 0.25) is 0 Å². The molecule has 0 saturated carbocycles. The van der Waals surface area contributed by atoms with Crippen LogP contribution in [0.25, 0.3) is 0 Å². The van der Waals surface area contributed by atoms with E-state index < -0.39 is 0 Å². The Morgan fingerprint density at radius 1 is 0.680 bits per heavy atom. The molecule has 2 atom stereocenters. The topological polar surface area (TPSA) is 52.6 Å². The molecule has 0 aromatic carbocycles. The molecule has 0 rings (SSSR count). The summed E-state index contributed by atoms with van der Waals surface area (Å²) in [6.07, 6.45) is 11.1. The second kappa shape index (κ2) is 17.3. The summed E-state index contributed by atoms with van der Waals surface area (Å²) in [7, 11) is 0. The Balaban J connectivity index is 3.34. The predicted molar refractivity (Wildman–Crippen MR) is 109 cm³/mol. The van der Waals surface area contributed by atoms with Crippen LogP contribution in [-0.4, -0.2) is 34.8 Å². The van der Waals surface area contributed by atoms with E-state index in [2.05, 4.69) is 45.7 Å². The first-order chi connectivity index (χ1) is 12.0. The molecule has 4 nitrogen and oxygen atoms in total. The van der Waals surface area contributed by atoms with Crippen molar-refractivity contribution >= 4 is 43.8 Å². The maximum atomic E-state index is 11.6. The van der Waals surface area contributed by atoms with Gasteiger partial charge in [0.15, 0.2) is 0 Å². The average Bonchev–Trinajstić information content (AvgIpc) is 2.59. The maximum absolute atomic E-state index is 11.6. The van der Waals surface area contributed by atoms with Crippen LogP contribution >= 0.6 is 31.9 Å². The molecule has 0 aliphatic carbocycles. The van der Waals surface area contributed by atoms with Crippen LogP contribution in [0.3, 0.4) is 0 Å². The van der Waals surface area contributed by atoms with E-state index in [0.29, 0.717) is 13.2 Å². The van der Waals surface area contributed by atoms with Gasteiger partial charge >= 0.3 is 11.9 Å². The molecule has 148 valence electrons. The molecule has 0 saturated heterocycles. The number of hydrogen-bond donors (Lipinski definition) is 0. The van der Waals surface area contributed by atoms with Crippen LogP contribution in [0.15, 0.2) is 0 Å². The Hall–Kier alpha value is -0.100. The second-order valence-electron chi connectivity index (χ2n) is 6.32. The van der Waals surface area contributed by atoms with Crippen LogP contribution in [0.5, 0.6) is 0 Å². The zero-order valence-corrected chi connectivity index (χ0v) is 18.9. The number of esters is 2. The van der Waals surface area contributed by atoms with Crippen molar-refractivity contribution in [2.75, 3.05) is 13.2 Å². The van der Waals surface area contributed by atoms with Crippen LogP contribution in [-0.2, 0) is 19.1 Å². The summed E-state index contributed by atoms with van der Waals surface area (Å²) in [6, 6.07) is 0. The van der Waals surface area contributed by atoms with Crippen LogP contribution in [0, 0.1) is 0 Å². The lowest BCUT2D eigenvalue weighted by Gasteiger charge is -2.09. The van der Waals surface area contributed by atoms with Gasteiger partial charge in [-0.25, -0.2) is 0 Å². The van der Waals surface area contributed by atoms with Gasteiger partial charge < -0.3 is 9.47 Å². The maximum Gasteiger partial charge on any atom is 0.319 e. The van der Waals surface area contributed by atoms with Crippen molar-refractivity contribution in [2.24, 2.45) is 0 Å². The van der Waals surface area contributed by atoms with Gasteiger partial charge in [-0.1, -0.05) is 90.7 Å². The smallest absolute Gasteiger partial charge is 0.319 e. The minimum absolute atomic E-state index is 0.138. The fraction of sp³-hybridized carbons (Fsp3) is 0.895. The zero-order chi connectivity index (χ0) is 18.9. The summed E-state index contributed by atoms with van der Waals surface area (Å²) in [5.41, 5.74) is 0. The molecule has 0 heterocycles. The van der Waals surface area contributed by atoms with E-state index >= 15 is 0 Å². The summed E-state index contributed by atoms with van der Waals surface area (Å²) >= 11 is 6.69. The van der Waals surface area contributed by atoms with Gasteiger partial charge in [-0.15, -0.1) is 0 Å². The highest BCUT2D eigenvalue weighted by atomic mass is 79.9. The van der Waals surface area contributed by atoms with E-state index in [9.17, 15) is 9.59 Å².